The number of anilines is 3. The zero-order valence-corrected chi connectivity index (χ0v) is 19.1. The predicted molar refractivity (Wildman–Crippen MR) is 131 cm³/mol. The Bertz CT molecular complexity index is 1350. The van der Waals surface area contributed by atoms with Gasteiger partial charge in [-0.1, -0.05) is 31.2 Å². The predicted octanol–water partition coefficient (Wildman–Crippen LogP) is 5.68. The Kier molecular flexibility index (Phi) is 5.82. The van der Waals surface area contributed by atoms with E-state index in [4.69, 9.17) is 15.0 Å². The van der Waals surface area contributed by atoms with Gasteiger partial charge in [0.05, 0.1) is 11.3 Å². The Morgan fingerprint density at radius 1 is 1.12 bits per heavy atom. The number of hydrogen-bond acceptors (Lipinski definition) is 5. The van der Waals surface area contributed by atoms with E-state index < -0.39 is 11.5 Å². The number of fused-ring (bicyclic) bond motifs is 2. The molecule has 170 valence electrons. The quantitative estimate of drug-likeness (QED) is 0.226. The SMILES string of the molecule is CCc1c(NC(=O)c2cc3cc(N)ccc3o2)cc(N(C=O)OC(C)(C)C)c2ccccc12. The normalized spacial score (nSPS) is 11.6. The fourth-order valence-corrected chi connectivity index (χ4v) is 3.87. The zero-order valence-electron chi connectivity index (χ0n) is 19.1. The molecule has 4 aromatic rings. The molecular weight excluding hydrogens is 418 g/mol. The Hall–Kier alpha value is -3.84. The van der Waals surface area contributed by atoms with Crippen molar-refractivity contribution in [1.29, 1.82) is 0 Å². The lowest BCUT2D eigenvalue weighted by molar-refractivity contribution is -0.120. The van der Waals surface area contributed by atoms with Crippen molar-refractivity contribution in [2.45, 2.75) is 39.7 Å². The molecule has 1 aromatic heterocycles. The van der Waals surface area contributed by atoms with E-state index in [2.05, 4.69) is 5.32 Å². The lowest BCUT2D eigenvalue weighted by Gasteiger charge is -2.28. The standard InChI is InChI=1S/C26H27N3O4/c1-5-18-19-8-6-7-9-20(19)22(29(15-30)33-26(2,3)4)14-21(18)28-25(31)24-13-16-12-17(27)10-11-23(16)32-24/h6-15H,5,27H2,1-4H3,(H,28,31). The second kappa shape index (κ2) is 8.60. The third-order valence-corrected chi connectivity index (χ3v) is 5.21. The van der Waals surface area contributed by atoms with Gasteiger partial charge in [-0.25, -0.2) is 0 Å². The molecule has 3 aromatic carbocycles. The molecule has 7 heteroatoms. The number of carbonyl (C=O) groups excluding carboxylic acids is 2. The molecule has 7 nitrogen and oxygen atoms in total. The molecule has 0 aliphatic heterocycles. The molecule has 0 fully saturated rings. The van der Waals surface area contributed by atoms with Crippen molar-refractivity contribution in [1.82, 2.24) is 0 Å². The first-order valence-corrected chi connectivity index (χ1v) is 10.8. The molecule has 0 bridgehead atoms. The Morgan fingerprint density at radius 3 is 2.52 bits per heavy atom. The number of nitrogens with two attached hydrogens (primary N) is 1. The van der Waals surface area contributed by atoms with E-state index in [1.54, 1.807) is 30.3 Å². The average molecular weight is 446 g/mol. The van der Waals surface area contributed by atoms with Crippen LogP contribution in [0.2, 0.25) is 0 Å². The molecule has 0 atom stereocenters. The summed E-state index contributed by atoms with van der Waals surface area (Å²) in [6.07, 6.45) is 1.31. The van der Waals surface area contributed by atoms with Gasteiger partial charge < -0.3 is 15.5 Å². The van der Waals surface area contributed by atoms with Gasteiger partial charge >= 0.3 is 0 Å². The van der Waals surface area contributed by atoms with Crippen LogP contribution in [0.15, 0.2) is 59.0 Å². The highest BCUT2D eigenvalue weighted by molar-refractivity contribution is 6.09. The Labute approximate surface area is 192 Å². The summed E-state index contributed by atoms with van der Waals surface area (Å²) in [6, 6.07) is 16.4. The summed E-state index contributed by atoms with van der Waals surface area (Å²) in [4.78, 5) is 30.9. The van der Waals surface area contributed by atoms with E-state index in [9.17, 15) is 9.59 Å². The summed E-state index contributed by atoms with van der Waals surface area (Å²) in [5.41, 5.74) is 8.49. The molecule has 0 aliphatic carbocycles. The van der Waals surface area contributed by atoms with Gasteiger partial charge in [-0.05, 0) is 68.5 Å². The number of amides is 2. The molecule has 0 saturated heterocycles. The van der Waals surface area contributed by atoms with E-state index in [1.165, 1.54) is 5.06 Å². The fourth-order valence-electron chi connectivity index (χ4n) is 3.87. The molecule has 0 saturated carbocycles. The number of benzene rings is 3. The lowest BCUT2D eigenvalue weighted by atomic mass is 9.98. The highest BCUT2D eigenvalue weighted by Crippen LogP contribution is 2.36. The van der Waals surface area contributed by atoms with Gasteiger partial charge in [0.2, 0.25) is 6.41 Å². The number of carbonyl (C=O) groups is 2. The minimum absolute atomic E-state index is 0.172. The second-order valence-electron chi connectivity index (χ2n) is 8.82. The van der Waals surface area contributed by atoms with E-state index in [-0.39, 0.29) is 5.76 Å². The molecule has 2 amide bonds. The first-order valence-electron chi connectivity index (χ1n) is 10.8. The van der Waals surface area contributed by atoms with Crippen molar-refractivity contribution < 1.29 is 18.8 Å². The molecule has 3 N–H and O–H groups in total. The van der Waals surface area contributed by atoms with Crippen LogP contribution in [0.4, 0.5) is 17.1 Å². The summed E-state index contributed by atoms with van der Waals surface area (Å²) < 4.78 is 5.72. The molecular formula is C26H27N3O4. The topological polar surface area (TPSA) is 97.8 Å². The summed E-state index contributed by atoms with van der Waals surface area (Å²) >= 11 is 0. The molecule has 4 rings (SSSR count). The summed E-state index contributed by atoms with van der Waals surface area (Å²) in [5.74, 6) is -0.222. The Balaban J connectivity index is 1.80. The van der Waals surface area contributed by atoms with E-state index in [0.717, 1.165) is 21.7 Å². The number of aryl methyl sites for hydroxylation is 1. The number of nitrogens with zero attached hydrogens (tertiary/aromatic N) is 1. The lowest BCUT2D eigenvalue weighted by Crippen LogP contribution is -2.33. The third kappa shape index (κ3) is 4.54. The number of hydrogen-bond donors (Lipinski definition) is 2. The first-order chi connectivity index (χ1) is 15.7. The van der Waals surface area contributed by atoms with Crippen LogP contribution in [-0.4, -0.2) is 17.9 Å². The smallest absolute Gasteiger partial charge is 0.291 e. The third-order valence-electron chi connectivity index (χ3n) is 5.21. The van der Waals surface area contributed by atoms with E-state index in [0.29, 0.717) is 35.5 Å². The number of hydroxylamine groups is 1. The van der Waals surface area contributed by atoms with Crippen LogP contribution in [0.5, 0.6) is 0 Å². The molecule has 0 spiro atoms. The second-order valence-corrected chi connectivity index (χ2v) is 8.82. The number of nitrogens with one attached hydrogen (secondary N) is 1. The monoisotopic (exact) mass is 445 g/mol. The molecule has 0 aliphatic rings. The fraction of sp³-hybridized carbons (Fsp3) is 0.231. The highest BCUT2D eigenvalue weighted by atomic mass is 16.7. The van der Waals surface area contributed by atoms with E-state index >= 15 is 0 Å². The average Bonchev–Trinajstić information content (AvgIpc) is 3.19. The van der Waals surface area contributed by atoms with Crippen molar-refractivity contribution in [3.63, 3.8) is 0 Å². The number of rotatable bonds is 6. The largest absolute Gasteiger partial charge is 0.451 e. The van der Waals surface area contributed by atoms with Gasteiger partial charge in [0.25, 0.3) is 5.91 Å². The summed E-state index contributed by atoms with van der Waals surface area (Å²) in [7, 11) is 0. The Morgan fingerprint density at radius 2 is 1.85 bits per heavy atom. The van der Waals surface area contributed by atoms with Crippen LogP contribution in [0.3, 0.4) is 0 Å². The van der Waals surface area contributed by atoms with E-state index in [1.807, 2.05) is 52.0 Å². The van der Waals surface area contributed by atoms with Crippen molar-refractivity contribution in [3.8, 4) is 0 Å². The van der Waals surface area contributed by atoms with Crippen LogP contribution in [0, 0.1) is 0 Å². The van der Waals surface area contributed by atoms with Crippen LogP contribution >= 0.6 is 0 Å². The summed E-state index contributed by atoms with van der Waals surface area (Å²) in [5, 5.41) is 6.70. The summed E-state index contributed by atoms with van der Waals surface area (Å²) in [6.45, 7) is 7.61. The highest BCUT2D eigenvalue weighted by Gasteiger charge is 2.23. The van der Waals surface area contributed by atoms with Crippen LogP contribution in [-0.2, 0) is 16.1 Å². The minimum Gasteiger partial charge on any atom is -0.451 e. The van der Waals surface area contributed by atoms with Crippen molar-refractivity contribution in [2.75, 3.05) is 16.1 Å². The maximum absolute atomic E-state index is 13.1. The van der Waals surface area contributed by atoms with Gasteiger partial charge in [-0.3, -0.25) is 14.4 Å². The zero-order chi connectivity index (χ0) is 23.8. The van der Waals surface area contributed by atoms with Gasteiger partial charge in [-0.15, -0.1) is 0 Å². The maximum atomic E-state index is 13.1. The van der Waals surface area contributed by atoms with Crippen LogP contribution in [0.25, 0.3) is 21.7 Å². The van der Waals surface area contributed by atoms with Gasteiger partial charge in [0.15, 0.2) is 5.76 Å². The van der Waals surface area contributed by atoms with Gasteiger partial charge in [0.1, 0.15) is 5.58 Å². The number of nitrogen functional groups attached to an aromatic ring is 1. The molecule has 1 heterocycles. The van der Waals surface area contributed by atoms with Crippen LogP contribution in [0.1, 0.15) is 43.8 Å². The first kappa shape index (κ1) is 22.4. The number of furan rings is 1. The minimum atomic E-state index is -0.592. The van der Waals surface area contributed by atoms with Gasteiger partial charge in [-0.2, -0.15) is 5.06 Å². The van der Waals surface area contributed by atoms with Crippen molar-refractivity contribution in [3.05, 3.63) is 65.9 Å². The molecule has 0 radical (unpaired) electrons. The maximum Gasteiger partial charge on any atom is 0.291 e. The van der Waals surface area contributed by atoms with Crippen molar-refractivity contribution >= 4 is 51.1 Å². The van der Waals surface area contributed by atoms with Gasteiger partial charge in [0, 0.05) is 22.1 Å². The molecule has 33 heavy (non-hydrogen) atoms. The van der Waals surface area contributed by atoms with Crippen LogP contribution < -0.4 is 16.1 Å². The molecule has 0 unspecified atom stereocenters. The van der Waals surface area contributed by atoms with Crippen molar-refractivity contribution in [2.24, 2.45) is 0 Å².